The Hall–Kier alpha value is -2.49. The topological polar surface area (TPSA) is 91.0 Å². The van der Waals surface area contributed by atoms with Gasteiger partial charge in [0.05, 0.1) is 23.5 Å². The number of rotatable bonds is 6. The fraction of sp³-hybridized carbons (Fsp3) is 0.429. The van der Waals surface area contributed by atoms with E-state index in [0.29, 0.717) is 0 Å². The van der Waals surface area contributed by atoms with Gasteiger partial charge < -0.3 is 10.1 Å². The number of halogens is 3. The van der Waals surface area contributed by atoms with Gasteiger partial charge in [0.15, 0.2) is 0 Å². The van der Waals surface area contributed by atoms with Crippen LogP contribution in [0.3, 0.4) is 0 Å². The summed E-state index contributed by atoms with van der Waals surface area (Å²) in [5.41, 5.74) is -0.261. The van der Waals surface area contributed by atoms with Gasteiger partial charge in [0.25, 0.3) is 6.43 Å². The monoisotopic (exact) mass is 375 g/mol. The summed E-state index contributed by atoms with van der Waals surface area (Å²) in [6.45, 7) is 2.94. The van der Waals surface area contributed by atoms with Gasteiger partial charge in [0.2, 0.25) is 5.91 Å². The quantitative estimate of drug-likeness (QED) is 0.782. The molecule has 136 valence electrons. The van der Waals surface area contributed by atoms with Crippen LogP contribution in [-0.2, 0) is 23.1 Å². The predicted molar refractivity (Wildman–Crippen MR) is 84.7 cm³/mol. The number of amides is 1. The molecule has 2 rings (SSSR count). The third-order valence-electron chi connectivity index (χ3n) is 3.35. The molecule has 0 aromatic carbocycles. The van der Waals surface area contributed by atoms with Crippen LogP contribution in [0.15, 0.2) is 6.20 Å². The van der Waals surface area contributed by atoms with Crippen molar-refractivity contribution >= 4 is 29.3 Å². The largest absolute Gasteiger partial charge is 0.462 e. The van der Waals surface area contributed by atoms with Crippen LogP contribution < -0.4 is 5.32 Å². The maximum Gasteiger partial charge on any atom is 0.343 e. The van der Waals surface area contributed by atoms with Gasteiger partial charge in [0, 0.05) is 7.05 Å². The molecule has 2 aromatic heterocycles. The number of carbonyl (C=O) groups excluding carboxylic acids is 2. The molecule has 0 saturated carbocycles. The zero-order chi connectivity index (χ0) is 18.7. The van der Waals surface area contributed by atoms with E-state index in [0.717, 1.165) is 4.68 Å². The van der Waals surface area contributed by atoms with E-state index >= 15 is 0 Å². The number of nitrogens with one attached hydrogen (secondary N) is 1. The van der Waals surface area contributed by atoms with Crippen LogP contribution in [0.5, 0.6) is 0 Å². The molecule has 0 saturated heterocycles. The summed E-state index contributed by atoms with van der Waals surface area (Å²) in [6, 6.07) is 0. The van der Waals surface area contributed by atoms with Crippen LogP contribution in [0.25, 0.3) is 0 Å². The van der Waals surface area contributed by atoms with Crippen LogP contribution in [0.4, 0.5) is 14.6 Å². The third-order valence-corrected chi connectivity index (χ3v) is 3.82. The number of hydrogen-bond acceptors (Lipinski definition) is 5. The molecule has 0 aliphatic rings. The summed E-state index contributed by atoms with van der Waals surface area (Å²) in [7, 11) is 1.53. The zero-order valence-electron chi connectivity index (χ0n) is 13.7. The minimum absolute atomic E-state index is 0.0844. The highest BCUT2D eigenvalue weighted by molar-refractivity contribution is 6.31. The lowest BCUT2D eigenvalue weighted by Gasteiger charge is -2.09. The summed E-state index contributed by atoms with van der Waals surface area (Å²) >= 11 is 5.79. The Labute approximate surface area is 146 Å². The van der Waals surface area contributed by atoms with E-state index in [-0.39, 0.29) is 35.2 Å². The van der Waals surface area contributed by atoms with Gasteiger partial charge in [-0.1, -0.05) is 11.6 Å². The Morgan fingerprint density at radius 2 is 2.12 bits per heavy atom. The van der Waals surface area contributed by atoms with Gasteiger partial charge in [-0.25, -0.2) is 13.6 Å². The van der Waals surface area contributed by atoms with E-state index in [2.05, 4.69) is 15.5 Å². The number of esters is 1. The Bertz CT molecular complexity index is 803. The van der Waals surface area contributed by atoms with Crippen LogP contribution >= 0.6 is 11.6 Å². The first kappa shape index (κ1) is 18.8. The molecule has 11 heteroatoms. The Morgan fingerprint density at radius 1 is 1.44 bits per heavy atom. The molecule has 0 aliphatic heterocycles. The second kappa shape index (κ2) is 7.60. The first-order chi connectivity index (χ1) is 11.8. The summed E-state index contributed by atoms with van der Waals surface area (Å²) in [6.07, 6.45) is -1.58. The molecule has 0 fully saturated rings. The summed E-state index contributed by atoms with van der Waals surface area (Å²) in [4.78, 5) is 24.1. The number of ether oxygens (including phenoxy) is 1. The van der Waals surface area contributed by atoms with Crippen LogP contribution in [-0.4, -0.2) is 38.0 Å². The van der Waals surface area contributed by atoms with E-state index in [1.165, 1.54) is 24.9 Å². The van der Waals surface area contributed by atoms with Crippen molar-refractivity contribution in [2.75, 3.05) is 11.9 Å². The fourth-order valence-electron chi connectivity index (χ4n) is 2.09. The van der Waals surface area contributed by atoms with E-state index in [1.807, 2.05) is 0 Å². The van der Waals surface area contributed by atoms with Gasteiger partial charge in [-0.3, -0.25) is 14.2 Å². The Balaban J connectivity index is 2.18. The number of aromatic nitrogens is 4. The standard InChI is InChI=1S/C14H16ClF2N5O3/c1-4-25-14(24)8-5-18-21(3)13(8)19-9(23)6-22-7(2)10(15)11(20-22)12(16)17/h5,12H,4,6H2,1-3H3,(H,19,23). The van der Waals surface area contributed by atoms with Crippen molar-refractivity contribution in [3.05, 3.63) is 28.2 Å². The van der Waals surface area contributed by atoms with E-state index in [1.54, 1.807) is 6.92 Å². The second-order valence-electron chi connectivity index (χ2n) is 5.04. The van der Waals surface area contributed by atoms with E-state index in [4.69, 9.17) is 16.3 Å². The average Bonchev–Trinajstić information content (AvgIpc) is 3.03. The smallest absolute Gasteiger partial charge is 0.343 e. The third kappa shape index (κ3) is 3.95. The highest BCUT2D eigenvalue weighted by Gasteiger charge is 2.23. The lowest BCUT2D eigenvalue weighted by Crippen LogP contribution is -2.23. The average molecular weight is 376 g/mol. The van der Waals surface area contributed by atoms with Crippen LogP contribution in [0.1, 0.15) is 35.1 Å². The molecule has 1 amide bonds. The van der Waals surface area contributed by atoms with Gasteiger partial charge in [-0.05, 0) is 13.8 Å². The number of anilines is 1. The van der Waals surface area contributed by atoms with E-state index < -0.39 is 24.0 Å². The number of carbonyl (C=O) groups is 2. The van der Waals surface area contributed by atoms with Crippen molar-refractivity contribution in [2.45, 2.75) is 26.8 Å². The molecule has 2 aromatic rings. The Kier molecular flexibility index (Phi) is 5.73. The molecule has 8 nitrogen and oxygen atoms in total. The number of nitrogens with zero attached hydrogens (tertiary/aromatic N) is 4. The molecule has 0 bridgehead atoms. The van der Waals surface area contributed by atoms with E-state index in [9.17, 15) is 18.4 Å². The zero-order valence-corrected chi connectivity index (χ0v) is 14.5. The molecule has 0 aliphatic carbocycles. The van der Waals surface area contributed by atoms with Crippen molar-refractivity contribution in [1.29, 1.82) is 0 Å². The fourth-order valence-corrected chi connectivity index (χ4v) is 2.31. The number of hydrogen-bond donors (Lipinski definition) is 1. The van der Waals surface area contributed by atoms with Crippen LogP contribution in [0.2, 0.25) is 5.02 Å². The number of aryl methyl sites for hydroxylation is 1. The lowest BCUT2D eigenvalue weighted by atomic mass is 10.3. The normalized spacial score (nSPS) is 11.0. The van der Waals surface area contributed by atoms with Gasteiger partial charge >= 0.3 is 5.97 Å². The van der Waals surface area contributed by atoms with Crippen molar-refractivity contribution in [1.82, 2.24) is 19.6 Å². The molecule has 2 heterocycles. The highest BCUT2D eigenvalue weighted by Crippen LogP contribution is 2.28. The predicted octanol–water partition coefficient (Wildman–Crippen LogP) is 2.33. The maximum absolute atomic E-state index is 12.8. The van der Waals surface area contributed by atoms with Crippen molar-refractivity contribution in [3.8, 4) is 0 Å². The molecule has 0 atom stereocenters. The van der Waals surface area contributed by atoms with Crippen molar-refractivity contribution in [3.63, 3.8) is 0 Å². The molecule has 0 spiro atoms. The SMILES string of the molecule is CCOC(=O)c1cnn(C)c1NC(=O)Cn1nc(C(F)F)c(Cl)c1C. The van der Waals surface area contributed by atoms with Gasteiger partial charge in [0.1, 0.15) is 23.6 Å². The summed E-state index contributed by atoms with van der Waals surface area (Å²) < 4.78 is 32.9. The van der Waals surface area contributed by atoms with Gasteiger partial charge in [-0.15, -0.1) is 0 Å². The van der Waals surface area contributed by atoms with Crippen molar-refractivity contribution < 1.29 is 23.1 Å². The summed E-state index contributed by atoms with van der Waals surface area (Å²) in [5.74, 6) is -1.09. The maximum atomic E-state index is 12.8. The molecule has 0 unspecified atom stereocenters. The number of alkyl halides is 2. The second-order valence-corrected chi connectivity index (χ2v) is 5.42. The highest BCUT2D eigenvalue weighted by atomic mass is 35.5. The minimum Gasteiger partial charge on any atom is -0.462 e. The summed E-state index contributed by atoms with van der Waals surface area (Å²) in [5, 5.41) is 9.86. The minimum atomic E-state index is -2.84. The van der Waals surface area contributed by atoms with Crippen molar-refractivity contribution in [2.24, 2.45) is 7.05 Å². The van der Waals surface area contributed by atoms with Crippen LogP contribution in [0, 0.1) is 6.92 Å². The molecule has 1 N–H and O–H groups in total. The first-order valence-electron chi connectivity index (χ1n) is 7.26. The Morgan fingerprint density at radius 3 is 2.68 bits per heavy atom. The molecule has 25 heavy (non-hydrogen) atoms. The molecular weight excluding hydrogens is 360 g/mol. The lowest BCUT2D eigenvalue weighted by molar-refractivity contribution is -0.117. The molecular formula is C14H16ClF2N5O3. The van der Waals surface area contributed by atoms with Gasteiger partial charge in [-0.2, -0.15) is 10.2 Å². The molecule has 0 radical (unpaired) electrons. The first-order valence-corrected chi connectivity index (χ1v) is 7.63.